The van der Waals surface area contributed by atoms with Gasteiger partial charge in [0, 0.05) is 28.0 Å². The van der Waals surface area contributed by atoms with E-state index in [1.54, 1.807) is 26.5 Å². The average molecular weight is 364 g/mol. The first-order valence-corrected chi connectivity index (χ1v) is 8.38. The molecule has 2 heterocycles. The number of aromatic hydroxyl groups is 1. The van der Waals surface area contributed by atoms with Crippen molar-refractivity contribution in [2.75, 3.05) is 21.0 Å². The van der Waals surface area contributed by atoms with Crippen molar-refractivity contribution >= 4 is 21.5 Å². The fourth-order valence-corrected chi connectivity index (χ4v) is 3.62. The van der Waals surface area contributed by atoms with Gasteiger partial charge in [0.25, 0.3) is 0 Å². The number of ether oxygens (including phenoxy) is 4. The highest BCUT2D eigenvalue weighted by atomic mass is 16.7. The Morgan fingerprint density at radius 2 is 1.59 bits per heavy atom. The molecule has 27 heavy (non-hydrogen) atoms. The summed E-state index contributed by atoms with van der Waals surface area (Å²) in [5.74, 6) is 2.71. The van der Waals surface area contributed by atoms with Crippen LogP contribution in [0, 0.1) is 0 Å². The molecule has 0 saturated heterocycles. The van der Waals surface area contributed by atoms with Gasteiger partial charge in [-0.1, -0.05) is 0 Å². The van der Waals surface area contributed by atoms with Gasteiger partial charge in [-0.3, -0.25) is 0 Å². The summed E-state index contributed by atoms with van der Waals surface area (Å²) >= 11 is 0. The number of hydrogen-bond donors (Lipinski definition) is 1. The van der Waals surface area contributed by atoms with Crippen molar-refractivity contribution in [2.24, 2.45) is 0 Å². The van der Waals surface area contributed by atoms with Crippen LogP contribution in [0.2, 0.25) is 0 Å². The molecule has 2 bridgehead atoms. The van der Waals surface area contributed by atoms with Crippen LogP contribution < -0.4 is 18.9 Å². The minimum atomic E-state index is 0.132. The molecule has 0 amide bonds. The van der Waals surface area contributed by atoms with Gasteiger partial charge >= 0.3 is 0 Å². The first-order chi connectivity index (χ1) is 13.2. The van der Waals surface area contributed by atoms with E-state index in [1.165, 1.54) is 6.26 Å². The van der Waals surface area contributed by atoms with E-state index in [4.69, 9.17) is 23.4 Å². The third-order valence-electron chi connectivity index (χ3n) is 4.90. The Hall–Kier alpha value is -3.54. The number of methoxy groups -OCH3 is 2. The lowest BCUT2D eigenvalue weighted by Crippen LogP contribution is -2.11. The second-order valence-corrected chi connectivity index (χ2v) is 6.24. The summed E-state index contributed by atoms with van der Waals surface area (Å²) in [7, 11) is 3.15. The van der Waals surface area contributed by atoms with Crippen LogP contribution in [0.4, 0.5) is 0 Å². The van der Waals surface area contributed by atoms with E-state index in [0.29, 0.717) is 28.0 Å². The maximum absolute atomic E-state index is 10.8. The highest BCUT2D eigenvalue weighted by molar-refractivity contribution is 6.17. The van der Waals surface area contributed by atoms with Gasteiger partial charge in [0.2, 0.25) is 6.79 Å². The first-order valence-electron chi connectivity index (χ1n) is 8.38. The van der Waals surface area contributed by atoms with Crippen molar-refractivity contribution in [3.05, 3.63) is 42.9 Å². The minimum Gasteiger partial charge on any atom is -0.507 e. The van der Waals surface area contributed by atoms with Crippen LogP contribution in [0.1, 0.15) is 0 Å². The molecule has 3 aromatic carbocycles. The summed E-state index contributed by atoms with van der Waals surface area (Å²) in [4.78, 5) is 0. The number of benzene rings is 3. The second kappa shape index (κ2) is 5.74. The van der Waals surface area contributed by atoms with E-state index in [1.807, 2.05) is 24.3 Å². The van der Waals surface area contributed by atoms with Gasteiger partial charge in [0.05, 0.1) is 25.9 Å². The van der Waals surface area contributed by atoms with E-state index in [2.05, 4.69) is 0 Å². The lowest BCUT2D eigenvalue weighted by molar-refractivity contribution is 0.106. The Morgan fingerprint density at radius 1 is 0.852 bits per heavy atom. The SMILES string of the molecule is COc1cc2c(O)c3cocc3c(-c3ccc4cc3OCO4)c2cc1OC. The molecule has 0 fully saturated rings. The van der Waals surface area contributed by atoms with Gasteiger partial charge in [-0.25, -0.2) is 0 Å². The fourth-order valence-electron chi connectivity index (χ4n) is 3.62. The Kier molecular flexibility index (Phi) is 3.33. The van der Waals surface area contributed by atoms with Crippen molar-refractivity contribution in [1.29, 1.82) is 0 Å². The number of furan rings is 1. The molecule has 1 aromatic heterocycles. The monoisotopic (exact) mass is 364 g/mol. The van der Waals surface area contributed by atoms with Crippen LogP contribution in [-0.4, -0.2) is 26.1 Å². The van der Waals surface area contributed by atoms with Crippen LogP contribution in [0.3, 0.4) is 0 Å². The predicted octanol–water partition coefficient (Wildman–Crippen LogP) is 4.70. The van der Waals surface area contributed by atoms with Crippen molar-refractivity contribution < 1.29 is 28.5 Å². The Labute approximate surface area is 154 Å². The highest BCUT2D eigenvalue weighted by Gasteiger charge is 2.22. The van der Waals surface area contributed by atoms with E-state index in [9.17, 15) is 5.11 Å². The first kappa shape index (κ1) is 15.7. The number of phenolic OH excluding ortho intramolecular Hbond substituents is 1. The number of phenols is 1. The lowest BCUT2D eigenvalue weighted by Gasteiger charge is -2.21. The number of rotatable bonds is 3. The van der Waals surface area contributed by atoms with Gasteiger partial charge in [0.15, 0.2) is 11.5 Å². The van der Waals surface area contributed by atoms with Crippen LogP contribution in [0.5, 0.6) is 28.7 Å². The summed E-state index contributed by atoms with van der Waals surface area (Å²) < 4.78 is 27.4. The molecule has 0 aliphatic carbocycles. The zero-order valence-corrected chi connectivity index (χ0v) is 14.7. The molecular formula is C21H16O6. The Balaban J connectivity index is 1.95. The van der Waals surface area contributed by atoms with Crippen LogP contribution in [0.25, 0.3) is 32.7 Å². The maximum Gasteiger partial charge on any atom is 0.230 e. The van der Waals surface area contributed by atoms with Crippen LogP contribution in [0.15, 0.2) is 47.3 Å². The van der Waals surface area contributed by atoms with Gasteiger partial charge in [-0.05, 0) is 29.7 Å². The molecule has 1 aliphatic heterocycles. The Morgan fingerprint density at radius 3 is 2.37 bits per heavy atom. The molecule has 136 valence electrons. The number of hydrogen-bond acceptors (Lipinski definition) is 6. The van der Waals surface area contributed by atoms with E-state index in [0.717, 1.165) is 27.6 Å². The smallest absolute Gasteiger partial charge is 0.230 e. The topological polar surface area (TPSA) is 70.3 Å². The number of fused-ring (bicyclic) bond motifs is 4. The van der Waals surface area contributed by atoms with E-state index < -0.39 is 0 Å². The molecule has 0 atom stereocenters. The van der Waals surface area contributed by atoms with Gasteiger partial charge in [-0.15, -0.1) is 0 Å². The summed E-state index contributed by atoms with van der Waals surface area (Å²) in [5.41, 5.74) is 1.77. The standard InChI is InChI=1S/C21H16O6/c1-23-18-6-13-14(7-19(18)24-2)21(22)16-9-25-8-15(16)20(13)12-4-3-11-5-17(12)27-10-26-11/h3-9,22H,10H2,1-2H3. The highest BCUT2D eigenvalue weighted by Crippen LogP contribution is 2.49. The molecule has 0 spiro atoms. The molecule has 6 heteroatoms. The fraction of sp³-hybridized carbons (Fsp3) is 0.143. The van der Waals surface area contributed by atoms with Crippen LogP contribution >= 0.6 is 0 Å². The average Bonchev–Trinajstić information content (AvgIpc) is 3.19. The zero-order chi connectivity index (χ0) is 18.5. The predicted molar refractivity (Wildman–Crippen MR) is 100 cm³/mol. The molecule has 6 nitrogen and oxygen atoms in total. The molecule has 0 radical (unpaired) electrons. The molecule has 1 N–H and O–H groups in total. The van der Waals surface area contributed by atoms with Crippen molar-refractivity contribution in [3.8, 4) is 39.9 Å². The largest absolute Gasteiger partial charge is 0.507 e. The van der Waals surface area contributed by atoms with Gasteiger partial charge in [-0.2, -0.15) is 0 Å². The lowest BCUT2D eigenvalue weighted by atomic mass is 9.92. The van der Waals surface area contributed by atoms with E-state index >= 15 is 0 Å². The normalized spacial score (nSPS) is 12.7. The quantitative estimate of drug-likeness (QED) is 0.568. The molecule has 0 saturated carbocycles. The summed E-state index contributed by atoms with van der Waals surface area (Å²) in [6.45, 7) is 0.163. The van der Waals surface area contributed by atoms with E-state index in [-0.39, 0.29) is 12.5 Å². The van der Waals surface area contributed by atoms with Crippen molar-refractivity contribution in [2.45, 2.75) is 0 Å². The summed E-state index contributed by atoms with van der Waals surface area (Å²) in [6.07, 6.45) is 3.16. The Bertz CT molecular complexity index is 1190. The minimum absolute atomic E-state index is 0.132. The van der Waals surface area contributed by atoms with Crippen molar-refractivity contribution in [1.82, 2.24) is 0 Å². The van der Waals surface area contributed by atoms with Gasteiger partial charge in [0.1, 0.15) is 23.5 Å². The zero-order valence-electron chi connectivity index (χ0n) is 14.7. The maximum atomic E-state index is 10.8. The summed E-state index contributed by atoms with van der Waals surface area (Å²) in [6, 6.07) is 9.31. The third kappa shape index (κ3) is 2.19. The molecule has 5 rings (SSSR count). The summed E-state index contributed by atoms with van der Waals surface area (Å²) in [5, 5.41) is 13.7. The molecule has 0 unspecified atom stereocenters. The van der Waals surface area contributed by atoms with Crippen molar-refractivity contribution in [3.63, 3.8) is 0 Å². The van der Waals surface area contributed by atoms with Gasteiger partial charge < -0.3 is 28.5 Å². The molecule has 4 aromatic rings. The second-order valence-electron chi connectivity index (χ2n) is 6.24. The molecule has 1 aliphatic rings. The third-order valence-corrected chi connectivity index (χ3v) is 4.90. The van der Waals surface area contributed by atoms with Crippen LogP contribution in [-0.2, 0) is 0 Å². The molecular weight excluding hydrogens is 348 g/mol.